The van der Waals surface area contributed by atoms with Gasteiger partial charge in [0.1, 0.15) is 5.15 Å². The second-order valence-electron chi connectivity index (χ2n) is 5.92. The van der Waals surface area contributed by atoms with Crippen molar-refractivity contribution in [2.24, 2.45) is 0 Å². The quantitative estimate of drug-likeness (QED) is 0.781. The van der Waals surface area contributed by atoms with E-state index < -0.39 is 0 Å². The van der Waals surface area contributed by atoms with Crippen molar-refractivity contribution < 1.29 is 0 Å². The van der Waals surface area contributed by atoms with Gasteiger partial charge in [-0.3, -0.25) is 0 Å². The molecule has 0 amide bonds. The maximum absolute atomic E-state index is 8.84. The van der Waals surface area contributed by atoms with Crippen LogP contribution in [0, 0.1) is 11.3 Å². The average Bonchev–Trinajstić information content (AvgIpc) is 3.08. The van der Waals surface area contributed by atoms with E-state index in [4.69, 9.17) is 16.9 Å². The summed E-state index contributed by atoms with van der Waals surface area (Å²) >= 11 is 7.85. The maximum Gasteiger partial charge on any atom is 0.226 e. The zero-order chi connectivity index (χ0) is 17.1. The van der Waals surface area contributed by atoms with Gasteiger partial charge in [-0.15, -0.1) is 0 Å². The SMILES string of the molecule is CN(C)[C@@H]1CCN(c2ncc(Sc3ccc(C#N)cc3)c(Cl)n2)C1. The first-order chi connectivity index (χ1) is 11.6. The molecule has 7 heteroatoms. The summed E-state index contributed by atoms with van der Waals surface area (Å²) in [6.45, 7) is 1.87. The number of anilines is 1. The van der Waals surface area contributed by atoms with Crippen molar-refractivity contribution in [2.45, 2.75) is 22.3 Å². The number of halogens is 1. The van der Waals surface area contributed by atoms with E-state index in [1.807, 2.05) is 12.1 Å². The molecule has 124 valence electrons. The van der Waals surface area contributed by atoms with Crippen LogP contribution in [0.25, 0.3) is 0 Å². The topological polar surface area (TPSA) is 56.0 Å². The predicted octanol–water partition coefficient (Wildman–Crippen LogP) is 3.29. The molecule has 1 aromatic carbocycles. The Morgan fingerprint density at radius 1 is 1.33 bits per heavy atom. The summed E-state index contributed by atoms with van der Waals surface area (Å²) in [5.74, 6) is 0.688. The highest BCUT2D eigenvalue weighted by Gasteiger charge is 2.26. The lowest BCUT2D eigenvalue weighted by Crippen LogP contribution is -2.32. The van der Waals surface area contributed by atoms with Gasteiger partial charge in [0.05, 0.1) is 16.5 Å². The molecule has 2 aromatic rings. The molecule has 1 saturated heterocycles. The summed E-state index contributed by atoms with van der Waals surface area (Å²) in [6.07, 6.45) is 2.88. The molecule has 0 N–H and O–H groups in total. The summed E-state index contributed by atoms with van der Waals surface area (Å²) in [4.78, 5) is 15.2. The number of nitrogens with zero attached hydrogens (tertiary/aromatic N) is 5. The van der Waals surface area contributed by atoms with Crippen LogP contribution in [0.3, 0.4) is 0 Å². The first-order valence-electron chi connectivity index (χ1n) is 7.69. The van der Waals surface area contributed by atoms with Gasteiger partial charge < -0.3 is 9.80 Å². The number of nitriles is 1. The summed E-state index contributed by atoms with van der Waals surface area (Å²) < 4.78 is 0. The van der Waals surface area contributed by atoms with Crippen molar-refractivity contribution in [3.8, 4) is 6.07 Å². The van der Waals surface area contributed by atoms with E-state index in [0.29, 0.717) is 22.7 Å². The minimum atomic E-state index is 0.461. The summed E-state index contributed by atoms with van der Waals surface area (Å²) in [5.41, 5.74) is 0.640. The van der Waals surface area contributed by atoms with Crippen molar-refractivity contribution in [2.75, 3.05) is 32.1 Å². The lowest BCUT2D eigenvalue weighted by atomic mass is 10.2. The van der Waals surface area contributed by atoms with Crippen molar-refractivity contribution in [3.63, 3.8) is 0 Å². The molecule has 1 atom stereocenters. The Hall–Kier alpha value is -1.81. The third-order valence-corrected chi connectivity index (χ3v) is 5.51. The number of hydrogen-bond acceptors (Lipinski definition) is 6. The zero-order valence-electron chi connectivity index (χ0n) is 13.6. The van der Waals surface area contributed by atoms with Crippen LogP contribution in [0.2, 0.25) is 5.15 Å². The van der Waals surface area contributed by atoms with E-state index in [9.17, 15) is 0 Å². The molecule has 0 spiro atoms. The number of rotatable bonds is 4. The lowest BCUT2D eigenvalue weighted by molar-refractivity contribution is 0.315. The summed E-state index contributed by atoms with van der Waals surface area (Å²) in [7, 11) is 4.19. The summed E-state index contributed by atoms with van der Waals surface area (Å²) in [6, 6.07) is 10.0. The van der Waals surface area contributed by atoms with Crippen LogP contribution >= 0.6 is 23.4 Å². The van der Waals surface area contributed by atoms with Crippen LogP contribution in [-0.4, -0.2) is 48.1 Å². The minimum Gasteiger partial charge on any atom is -0.339 e. The fourth-order valence-electron chi connectivity index (χ4n) is 2.63. The van der Waals surface area contributed by atoms with Crippen molar-refractivity contribution >= 4 is 29.3 Å². The highest BCUT2D eigenvalue weighted by molar-refractivity contribution is 7.99. The highest BCUT2D eigenvalue weighted by atomic mass is 35.5. The van der Waals surface area contributed by atoms with Gasteiger partial charge in [-0.1, -0.05) is 23.4 Å². The van der Waals surface area contributed by atoms with Crippen molar-refractivity contribution in [1.82, 2.24) is 14.9 Å². The van der Waals surface area contributed by atoms with Crippen LogP contribution in [0.4, 0.5) is 5.95 Å². The third kappa shape index (κ3) is 3.81. The minimum absolute atomic E-state index is 0.461. The molecule has 24 heavy (non-hydrogen) atoms. The van der Waals surface area contributed by atoms with Crippen LogP contribution in [0.15, 0.2) is 40.3 Å². The molecule has 1 aliphatic heterocycles. The van der Waals surface area contributed by atoms with Crippen molar-refractivity contribution in [3.05, 3.63) is 41.2 Å². The van der Waals surface area contributed by atoms with E-state index in [1.165, 1.54) is 11.8 Å². The van der Waals surface area contributed by atoms with E-state index >= 15 is 0 Å². The largest absolute Gasteiger partial charge is 0.339 e. The molecule has 0 aliphatic carbocycles. The standard InChI is InChI=1S/C17H18ClN5S/c1-22(2)13-7-8-23(11-13)17-20-10-15(16(18)21-17)24-14-5-3-12(9-19)4-6-14/h3-6,10,13H,7-8,11H2,1-2H3/t13-/m1/s1. The molecule has 5 nitrogen and oxygen atoms in total. The molecule has 1 aliphatic rings. The fourth-order valence-corrected chi connectivity index (χ4v) is 3.63. The van der Waals surface area contributed by atoms with Gasteiger partial charge in [0.25, 0.3) is 0 Å². The van der Waals surface area contributed by atoms with Gasteiger partial charge in [-0.2, -0.15) is 10.2 Å². The van der Waals surface area contributed by atoms with Gasteiger partial charge in [0, 0.05) is 30.2 Å². The van der Waals surface area contributed by atoms with Gasteiger partial charge in [-0.25, -0.2) is 4.98 Å². The number of benzene rings is 1. The van der Waals surface area contributed by atoms with Crippen LogP contribution in [0.5, 0.6) is 0 Å². The van der Waals surface area contributed by atoms with E-state index in [0.717, 1.165) is 29.3 Å². The average molecular weight is 360 g/mol. The molecule has 0 radical (unpaired) electrons. The molecule has 3 rings (SSSR count). The molecule has 1 fully saturated rings. The molecular weight excluding hydrogens is 342 g/mol. The van der Waals surface area contributed by atoms with Gasteiger partial charge in [0.15, 0.2) is 0 Å². The van der Waals surface area contributed by atoms with Crippen LogP contribution < -0.4 is 4.90 Å². The smallest absolute Gasteiger partial charge is 0.226 e. The Bertz CT molecular complexity index is 757. The Labute approximate surface area is 151 Å². The molecule has 0 bridgehead atoms. The van der Waals surface area contributed by atoms with E-state index in [-0.39, 0.29) is 0 Å². The molecular formula is C17H18ClN5S. The maximum atomic E-state index is 8.84. The molecule has 2 heterocycles. The van der Waals surface area contributed by atoms with Gasteiger partial charge >= 0.3 is 0 Å². The third-order valence-electron chi connectivity index (χ3n) is 4.09. The lowest BCUT2D eigenvalue weighted by Gasteiger charge is -2.20. The van der Waals surface area contributed by atoms with Gasteiger partial charge in [-0.05, 0) is 44.8 Å². The molecule has 0 unspecified atom stereocenters. The number of hydrogen-bond donors (Lipinski definition) is 0. The second-order valence-corrected chi connectivity index (χ2v) is 7.39. The van der Waals surface area contributed by atoms with Gasteiger partial charge in [0.2, 0.25) is 5.95 Å². The normalized spacial score (nSPS) is 17.3. The van der Waals surface area contributed by atoms with Crippen LogP contribution in [0.1, 0.15) is 12.0 Å². The van der Waals surface area contributed by atoms with Crippen molar-refractivity contribution in [1.29, 1.82) is 5.26 Å². The predicted molar refractivity (Wildman–Crippen MR) is 96.6 cm³/mol. The Morgan fingerprint density at radius 3 is 2.67 bits per heavy atom. The molecule has 0 saturated carbocycles. The monoisotopic (exact) mass is 359 g/mol. The van der Waals surface area contributed by atoms with E-state index in [1.54, 1.807) is 18.3 Å². The zero-order valence-corrected chi connectivity index (χ0v) is 15.2. The second kappa shape index (κ2) is 7.39. The Balaban J connectivity index is 1.72. The number of aromatic nitrogens is 2. The van der Waals surface area contributed by atoms with E-state index in [2.05, 4.69) is 39.9 Å². The first kappa shape index (κ1) is 17.0. The Morgan fingerprint density at radius 2 is 2.08 bits per heavy atom. The fraction of sp³-hybridized carbons (Fsp3) is 0.353. The molecule has 1 aromatic heterocycles. The highest BCUT2D eigenvalue weighted by Crippen LogP contribution is 2.33. The first-order valence-corrected chi connectivity index (χ1v) is 8.88. The summed E-state index contributed by atoms with van der Waals surface area (Å²) in [5, 5.41) is 9.30. The van der Waals surface area contributed by atoms with Crippen LogP contribution in [-0.2, 0) is 0 Å². The number of likely N-dealkylation sites (N-methyl/N-ethyl adjacent to an activating group) is 1. The Kier molecular flexibility index (Phi) is 5.24.